The molecular formula is C28H35N3O3. The van der Waals surface area contributed by atoms with Crippen molar-refractivity contribution in [2.75, 3.05) is 6.54 Å². The molecule has 0 aromatic heterocycles. The number of carbonyl (C=O) groups excluding carboxylic acids is 1. The molecular weight excluding hydrogens is 426 g/mol. The number of carbonyl (C=O) groups is 1. The van der Waals surface area contributed by atoms with E-state index in [0.29, 0.717) is 24.9 Å². The lowest BCUT2D eigenvalue weighted by molar-refractivity contribution is -0.122. The summed E-state index contributed by atoms with van der Waals surface area (Å²) < 4.78 is 6.42. The lowest BCUT2D eigenvalue weighted by Crippen LogP contribution is -2.52. The van der Waals surface area contributed by atoms with Crippen molar-refractivity contribution in [2.45, 2.75) is 82.6 Å². The standard InChI is InChI=1S/C28H35N3O3/c1-3-19-9-10-26-22(14-19)24(16-28(34-26)11-6-12-28)30-18-25(32)23(31-27(33)4-2)15-20-7-5-8-21(13-20)17-29/h5,7-10,13-14,23-25,30,32H,3-4,6,11-12,15-16,18H2,1-2H3,(H,31,33)/t23-,24-,25+/m0/s1. The molecule has 6 nitrogen and oxygen atoms in total. The summed E-state index contributed by atoms with van der Waals surface area (Å²) in [4.78, 5) is 12.2. The molecule has 1 heterocycles. The van der Waals surface area contributed by atoms with Crippen LogP contribution in [0.1, 0.15) is 74.2 Å². The number of benzene rings is 2. The number of aryl methyl sites for hydroxylation is 1. The van der Waals surface area contributed by atoms with Gasteiger partial charge in [-0.1, -0.05) is 38.1 Å². The molecule has 34 heavy (non-hydrogen) atoms. The van der Waals surface area contributed by atoms with E-state index in [2.05, 4.69) is 41.8 Å². The minimum atomic E-state index is -0.778. The molecule has 3 N–H and O–H groups in total. The molecule has 6 heteroatoms. The number of rotatable bonds is 9. The Labute approximate surface area is 202 Å². The van der Waals surface area contributed by atoms with E-state index in [-0.39, 0.29) is 17.6 Å². The minimum Gasteiger partial charge on any atom is -0.487 e. The maximum atomic E-state index is 12.2. The Kier molecular flexibility index (Phi) is 7.55. The van der Waals surface area contributed by atoms with Gasteiger partial charge in [-0.05, 0) is 61.4 Å². The Morgan fingerprint density at radius 3 is 2.74 bits per heavy atom. The molecule has 1 aliphatic heterocycles. The quantitative estimate of drug-likeness (QED) is 0.526. The van der Waals surface area contributed by atoms with Crippen LogP contribution in [-0.2, 0) is 17.6 Å². The van der Waals surface area contributed by atoms with Gasteiger partial charge in [0.25, 0.3) is 0 Å². The molecule has 1 spiro atoms. The number of hydrogen-bond donors (Lipinski definition) is 3. The number of ether oxygens (including phenoxy) is 1. The monoisotopic (exact) mass is 461 g/mol. The van der Waals surface area contributed by atoms with E-state index in [9.17, 15) is 15.2 Å². The number of fused-ring (bicyclic) bond motifs is 1. The largest absolute Gasteiger partial charge is 0.487 e. The van der Waals surface area contributed by atoms with E-state index in [4.69, 9.17) is 4.74 Å². The number of nitriles is 1. The molecule has 0 unspecified atom stereocenters. The topological polar surface area (TPSA) is 94.4 Å². The second kappa shape index (κ2) is 10.6. The van der Waals surface area contributed by atoms with Crippen molar-refractivity contribution in [2.24, 2.45) is 0 Å². The molecule has 2 aromatic rings. The zero-order valence-electron chi connectivity index (χ0n) is 20.1. The zero-order chi connectivity index (χ0) is 24.1. The van der Waals surface area contributed by atoms with Gasteiger partial charge >= 0.3 is 0 Å². The number of amides is 1. The SMILES string of the molecule is CCC(=O)N[C@@H](Cc1cccc(C#N)c1)[C@H](O)CN[C@H]1CC2(CCC2)Oc2ccc(CC)cc21. The first-order valence-electron chi connectivity index (χ1n) is 12.5. The maximum Gasteiger partial charge on any atom is 0.220 e. The minimum absolute atomic E-state index is 0.0923. The molecule has 2 aliphatic rings. The molecule has 0 radical (unpaired) electrons. The van der Waals surface area contributed by atoms with E-state index in [0.717, 1.165) is 42.6 Å². The van der Waals surface area contributed by atoms with Gasteiger partial charge in [0.2, 0.25) is 5.91 Å². The predicted molar refractivity (Wildman–Crippen MR) is 131 cm³/mol. The fourth-order valence-corrected chi connectivity index (χ4v) is 5.02. The highest BCUT2D eigenvalue weighted by atomic mass is 16.5. The molecule has 1 aliphatic carbocycles. The van der Waals surface area contributed by atoms with Crippen LogP contribution in [-0.4, -0.2) is 35.3 Å². The van der Waals surface area contributed by atoms with Crippen LogP contribution in [0.4, 0.5) is 0 Å². The highest BCUT2D eigenvalue weighted by Crippen LogP contribution is 2.49. The van der Waals surface area contributed by atoms with Crippen molar-refractivity contribution in [1.82, 2.24) is 10.6 Å². The number of aliphatic hydroxyl groups excluding tert-OH is 1. The molecule has 180 valence electrons. The van der Waals surface area contributed by atoms with Crippen molar-refractivity contribution in [3.63, 3.8) is 0 Å². The van der Waals surface area contributed by atoms with Crippen LogP contribution in [0.2, 0.25) is 0 Å². The highest BCUT2D eigenvalue weighted by Gasteiger charge is 2.45. The zero-order valence-corrected chi connectivity index (χ0v) is 20.1. The smallest absolute Gasteiger partial charge is 0.220 e. The Morgan fingerprint density at radius 1 is 1.24 bits per heavy atom. The Morgan fingerprint density at radius 2 is 2.06 bits per heavy atom. The fourth-order valence-electron chi connectivity index (χ4n) is 5.02. The van der Waals surface area contributed by atoms with Crippen LogP contribution in [0.5, 0.6) is 5.75 Å². The van der Waals surface area contributed by atoms with Gasteiger partial charge in [-0.15, -0.1) is 0 Å². The van der Waals surface area contributed by atoms with Crippen LogP contribution < -0.4 is 15.4 Å². The second-order valence-electron chi connectivity index (χ2n) is 9.64. The molecule has 0 saturated heterocycles. The summed E-state index contributed by atoms with van der Waals surface area (Å²) in [6.07, 6.45) is 5.18. The van der Waals surface area contributed by atoms with Gasteiger partial charge in [0, 0.05) is 31.0 Å². The Bertz CT molecular complexity index is 1060. The van der Waals surface area contributed by atoms with Crippen molar-refractivity contribution in [3.8, 4) is 11.8 Å². The normalized spacial score (nSPS) is 19.8. The lowest BCUT2D eigenvalue weighted by Gasteiger charge is -2.48. The number of aliphatic hydroxyl groups is 1. The van der Waals surface area contributed by atoms with Gasteiger partial charge in [-0.3, -0.25) is 4.79 Å². The molecule has 1 amide bonds. The number of hydrogen-bond acceptors (Lipinski definition) is 5. The first-order chi connectivity index (χ1) is 16.4. The van der Waals surface area contributed by atoms with Gasteiger partial charge in [0.1, 0.15) is 11.4 Å². The summed E-state index contributed by atoms with van der Waals surface area (Å²) in [5.74, 6) is 0.845. The Hall–Kier alpha value is -2.88. The van der Waals surface area contributed by atoms with Crippen molar-refractivity contribution in [1.29, 1.82) is 5.26 Å². The van der Waals surface area contributed by atoms with Crippen LogP contribution >= 0.6 is 0 Å². The molecule has 1 saturated carbocycles. The molecule has 0 bridgehead atoms. The van der Waals surface area contributed by atoms with E-state index < -0.39 is 12.1 Å². The summed E-state index contributed by atoms with van der Waals surface area (Å²) in [5.41, 5.74) is 3.81. The third-order valence-electron chi connectivity index (χ3n) is 7.24. The van der Waals surface area contributed by atoms with Gasteiger partial charge in [-0.25, -0.2) is 0 Å². The third kappa shape index (κ3) is 5.43. The van der Waals surface area contributed by atoms with Crippen molar-refractivity contribution in [3.05, 3.63) is 64.7 Å². The summed E-state index contributed by atoms with van der Waals surface area (Å²) in [5, 5.41) is 26.9. The van der Waals surface area contributed by atoms with E-state index in [1.165, 1.54) is 12.0 Å². The average molecular weight is 462 g/mol. The first kappa shape index (κ1) is 24.3. The Balaban J connectivity index is 1.49. The summed E-state index contributed by atoms with van der Waals surface area (Å²) in [7, 11) is 0. The van der Waals surface area contributed by atoms with Crippen molar-refractivity contribution < 1.29 is 14.6 Å². The summed E-state index contributed by atoms with van der Waals surface area (Å²) >= 11 is 0. The summed E-state index contributed by atoms with van der Waals surface area (Å²) in [6.45, 7) is 4.30. The lowest BCUT2D eigenvalue weighted by atomic mass is 9.72. The molecule has 3 atom stereocenters. The van der Waals surface area contributed by atoms with Gasteiger partial charge < -0.3 is 20.5 Å². The molecule has 2 aromatic carbocycles. The first-order valence-corrected chi connectivity index (χ1v) is 12.5. The number of nitrogens with one attached hydrogen (secondary N) is 2. The van der Waals surface area contributed by atoms with E-state index in [1.54, 1.807) is 13.0 Å². The van der Waals surface area contributed by atoms with E-state index in [1.807, 2.05) is 18.2 Å². The molecule has 4 rings (SSSR count). The fraction of sp³-hybridized carbons (Fsp3) is 0.500. The van der Waals surface area contributed by atoms with Gasteiger partial charge in [-0.2, -0.15) is 5.26 Å². The van der Waals surface area contributed by atoms with Crippen LogP contribution in [0.25, 0.3) is 0 Å². The second-order valence-corrected chi connectivity index (χ2v) is 9.64. The maximum absolute atomic E-state index is 12.2. The predicted octanol–water partition coefficient (Wildman–Crippen LogP) is 3.95. The average Bonchev–Trinajstić information content (AvgIpc) is 2.85. The van der Waals surface area contributed by atoms with Gasteiger partial charge in [0.15, 0.2) is 0 Å². The number of nitrogens with zero attached hydrogens (tertiary/aromatic N) is 1. The van der Waals surface area contributed by atoms with Crippen LogP contribution in [0.3, 0.4) is 0 Å². The van der Waals surface area contributed by atoms with Crippen LogP contribution in [0, 0.1) is 11.3 Å². The molecule has 1 fully saturated rings. The summed E-state index contributed by atoms with van der Waals surface area (Å²) in [6, 6.07) is 15.6. The van der Waals surface area contributed by atoms with Crippen LogP contribution in [0.15, 0.2) is 42.5 Å². The van der Waals surface area contributed by atoms with Gasteiger partial charge in [0.05, 0.1) is 23.8 Å². The highest BCUT2D eigenvalue weighted by molar-refractivity contribution is 5.76. The van der Waals surface area contributed by atoms with E-state index >= 15 is 0 Å². The third-order valence-corrected chi connectivity index (χ3v) is 7.24. The van der Waals surface area contributed by atoms with Crippen molar-refractivity contribution >= 4 is 5.91 Å².